The summed E-state index contributed by atoms with van der Waals surface area (Å²) in [5.41, 5.74) is 10.5. The first-order valence-corrected chi connectivity index (χ1v) is 7.75. The molecule has 0 saturated carbocycles. The van der Waals surface area contributed by atoms with Crippen LogP contribution in [0.2, 0.25) is 0 Å². The molecule has 1 aromatic carbocycles. The Morgan fingerprint density at radius 3 is 1.32 bits per heavy atom. The van der Waals surface area contributed by atoms with E-state index in [0.717, 1.165) is 11.6 Å². The van der Waals surface area contributed by atoms with Gasteiger partial charge in [-0.05, 0) is 63.8 Å². The average Bonchev–Trinajstić information content (AvgIpc) is 3.06. The van der Waals surface area contributed by atoms with Crippen LogP contribution in [-0.4, -0.2) is 0 Å². The predicted molar refractivity (Wildman–Crippen MR) is 91.2 cm³/mol. The summed E-state index contributed by atoms with van der Waals surface area (Å²) < 4.78 is 0. The van der Waals surface area contributed by atoms with E-state index in [9.17, 15) is 0 Å². The molecule has 4 heteroatoms. The van der Waals surface area contributed by atoms with Crippen LogP contribution in [-0.2, 0) is 0 Å². The van der Waals surface area contributed by atoms with Gasteiger partial charge in [-0.2, -0.15) is 0 Å². The zero-order valence-electron chi connectivity index (χ0n) is 14.0. The molecule has 2 N–H and O–H groups in total. The van der Waals surface area contributed by atoms with Crippen molar-refractivity contribution in [2.24, 2.45) is 0 Å². The van der Waals surface area contributed by atoms with Crippen LogP contribution in [0.1, 0.15) is 36.1 Å². The van der Waals surface area contributed by atoms with Crippen molar-refractivity contribution in [3.63, 3.8) is 0 Å². The molecule has 3 aliphatic heterocycles. The van der Waals surface area contributed by atoms with Crippen molar-refractivity contribution >= 4 is 11.4 Å². The fraction of sp³-hybridized carbons (Fsp3) is 0.333. The molecule has 4 nitrogen and oxygen atoms in total. The first-order chi connectivity index (χ1) is 10.4. The first kappa shape index (κ1) is 13.3. The third kappa shape index (κ3) is 1.37. The summed E-state index contributed by atoms with van der Waals surface area (Å²) in [6, 6.07) is 0. The van der Waals surface area contributed by atoms with Gasteiger partial charge in [-0.15, -0.1) is 0 Å². The second kappa shape index (κ2) is 4.09. The summed E-state index contributed by atoms with van der Waals surface area (Å²) >= 11 is 0. The molecule has 0 atom stereocenters. The maximum absolute atomic E-state index is 3.43. The SMILES string of the molecule is CC1=CNC2=C3NC=C(C)N3c3c(C)c(C)c(C)c(C)c3N12. The molecule has 3 heterocycles. The Bertz CT molecular complexity index is 744. The summed E-state index contributed by atoms with van der Waals surface area (Å²) in [5, 5.41) is 6.86. The Balaban J connectivity index is 2.12. The number of hydrogen-bond donors (Lipinski definition) is 2. The normalized spacial score (nSPS) is 18.5. The van der Waals surface area contributed by atoms with Crippen molar-refractivity contribution in [2.75, 3.05) is 9.80 Å². The summed E-state index contributed by atoms with van der Waals surface area (Å²) in [6.45, 7) is 13.2. The zero-order valence-corrected chi connectivity index (χ0v) is 14.0. The van der Waals surface area contributed by atoms with Gasteiger partial charge in [0.05, 0.1) is 11.4 Å². The van der Waals surface area contributed by atoms with Crippen LogP contribution < -0.4 is 20.4 Å². The van der Waals surface area contributed by atoms with E-state index >= 15 is 0 Å². The third-order valence-electron chi connectivity index (χ3n) is 5.28. The van der Waals surface area contributed by atoms with Gasteiger partial charge >= 0.3 is 0 Å². The maximum Gasteiger partial charge on any atom is 0.157 e. The molecule has 4 rings (SSSR count). The van der Waals surface area contributed by atoms with Gasteiger partial charge in [0.1, 0.15) is 0 Å². The number of nitrogens with zero attached hydrogens (tertiary/aromatic N) is 2. The summed E-state index contributed by atoms with van der Waals surface area (Å²) in [7, 11) is 0. The molecule has 0 aliphatic carbocycles. The smallest absolute Gasteiger partial charge is 0.157 e. The summed E-state index contributed by atoms with van der Waals surface area (Å²) in [5.74, 6) is 2.23. The quantitative estimate of drug-likeness (QED) is 0.765. The lowest BCUT2D eigenvalue weighted by Gasteiger charge is -2.39. The molecular weight excluding hydrogens is 272 g/mol. The second-order valence-electron chi connectivity index (χ2n) is 6.43. The molecule has 0 spiro atoms. The van der Waals surface area contributed by atoms with Crippen LogP contribution in [0.3, 0.4) is 0 Å². The van der Waals surface area contributed by atoms with Gasteiger partial charge in [0.25, 0.3) is 0 Å². The summed E-state index contributed by atoms with van der Waals surface area (Å²) in [4.78, 5) is 4.69. The standard InChI is InChI=1S/C18H22N4/c1-9-7-19-17-18-20-8-10(2)22(18)16-14(6)12(4)11(3)13(5)15(16)21(9)17/h7-8,19-20H,1-6H3. The van der Waals surface area contributed by atoms with Gasteiger partial charge < -0.3 is 10.6 Å². The lowest BCUT2D eigenvalue weighted by atomic mass is 9.93. The van der Waals surface area contributed by atoms with Gasteiger partial charge in [0.15, 0.2) is 11.6 Å². The van der Waals surface area contributed by atoms with Crippen LogP contribution >= 0.6 is 0 Å². The molecule has 0 bridgehead atoms. The summed E-state index contributed by atoms with van der Waals surface area (Å²) in [6.07, 6.45) is 4.16. The molecule has 0 saturated heterocycles. The molecule has 3 aliphatic rings. The molecule has 0 unspecified atom stereocenters. The van der Waals surface area contributed by atoms with E-state index in [1.54, 1.807) is 0 Å². The minimum absolute atomic E-state index is 1.11. The van der Waals surface area contributed by atoms with Crippen LogP contribution in [0.4, 0.5) is 11.4 Å². The Kier molecular flexibility index (Phi) is 2.48. The lowest BCUT2D eigenvalue weighted by molar-refractivity contribution is 0.870. The van der Waals surface area contributed by atoms with Crippen LogP contribution in [0.15, 0.2) is 35.4 Å². The van der Waals surface area contributed by atoms with Gasteiger partial charge in [0.2, 0.25) is 0 Å². The number of benzene rings is 1. The fourth-order valence-corrected chi connectivity index (χ4v) is 3.70. The molecular formula is C18H22N4. The molecule has 0 amide bonds. The predicted octanol–water partition coefficient (Wildman–Crippen LogP) is 3.60. The van der Waals surface area contributed by atoms with Crippen molar-refractivity contribution in [1.82, 2.24) is 10.6 Å². The number of hydrogen-bond acceptors (Lipinski definition) is 4. The highest BCUT2D eigenvalue weighted by atomic mass is 15.4. The highest BCUT2D eigenvalue weighted by Gasteiger charge is 2.39. The van der Waals surface area contributed by atoms with E-state index < -0.39 is 0 Å². The lowest BCUT2D eigenvalue weighted by Crippen LogP contribution is -2.37. The number of fused-ring (bicyclic) bond motifs is 5. The number of allylic oxidation sites excluding steroid dienone is 2. The van der Waals surface area contributed by atoms with E-state index in [-0.39, 0.29) is 0 Å². The Hall–Kier alpha value is -2.36. The van der Waals surface area contributed by atoms with E-state index in [4.69, 9.17) is 0 Å². The third-order valence-corrected chi connectivity index (χ3v) is 5.28. The van der Waals surface area contributed by atoms with Crippen molar-refractivity contribution in [3.05, 3.63) is 57.7 Å². The molecule has 0 fully saturated rings. The van der Waals surface area contributed by atoms with E-state index in [0.29, 0.717) is 0 Å². The largest absolute Gasteiger partial charge is 0.343 e. The number of anilines is 2. The average molecular weight is 294 g/mol. The molecule has 22 heavy (non-hydrogen) atoms. The van der Waals surface area contributed by atoms with Gasteiger partial charge in [-0.1, -0.05) is 0 Å². The van der Waals surface area contributed by atoms with Crippen molar-refractivity contribution in [1.29, 1.82) is 0 Å². The van der Waals surface area contributed by atoms with Crippen molar-refractivity contribution in [2.45, 2.75) is 41.5 Å². The maximum atomic E-state index is 3.43. The molecule has 0 radical (unpaired) electrons. The van der Waals surface area contributed by atoms with Gasteiger partial charge in [0, 0.05) is 23.8 Å². The van der Waals surface area contributed by atoms with E-state index in [1.165, 1.54) is 45.0 Å². The molecule has 1 aromatic rings. The topological polar surface area (TPSA) is 30.5 Å². The highest BCUT2D eigenvalue weighted by Crippen LogP contribution is 2.50. The number of nitrogens with one attached hydrogen (secondary N) is 2. The Labute approximate surface area is 131 Å². The Morgan fingerprint density at radius 1 is 0.591 bits per heavy atom. The highest BCUT2D eigenvalue weighted by molar-refractivity contribution is 5.90. The minimum atomic E-state index is 1.11. The fourth-order valence-electron chi connectivity index (χ4n) is 3.70. The number of rotatable bonds is 0. The Morgan fingerprint density at radius 2 is 0.955 bits per heavy atom. The van der Waals surface area contributed by atoms with Crippen LogP contribution in [0, 0.1) is 27.7 Å². The van der Waals surface area contributed by atoms with Crippen molar-refractivity contribution < 1.29 is 0 Å². The monoisotopic (exact) mass is 294 g/mol. The second-order valence-corrected chi connectivity index (χ2v) is 6.43. The minimum Gasteiger partial charge on any atom is -0.343 e. The van der Waals surface area contributed by atoms with E-state index in [1.807, 2.05) is 0 Å². The van der Waals surface area contributed by atoms with E-state index in [2.05, 4.69) is 74.4 Å². The van der Waals surface area contributed by atoms with Gasteiger partial charge in [-0.25, -0.2) is 0 Å². The van der Waals surface area contributed by atoms with Crippen molar-refractivity contribution in [3.8, 4) is 0 Å². The first-order valence-electron chi connectivity index (χ1n) is 7.75. The van der Waals surface area contributed by atoms with Gasteiger partial charge in [-0.3, -0.25) is 9.80 Å². The molecule has 114 valence electrons. The van der Waals surface area contributed by atoms with Crippen LogP contribution in [0.5, 0.6) is 0 Å². The van der Waals surface area contributed by atoms with Crippen LogP contribution in [0.25, 0.3) is 0 Å². The zero-order chi connectivity index (χ0) is 15.8. The molecule has 0 aromatic heterocycles.